The predicted octanol–water partition coefficient (Wildman–Crippen LogP) is 3.28. The molecule has 0 saturated heterocycles. The van der Waals surface area contributed by atoms with E-state index in [0.717, 1.165) is 49.2 Å². The first-order chi connectivity index (χ1) is 13.3. The van der Waals surface area contributed by atoms with E-state index in [1.165, 1.54) is 6.07 Å². The fourth-order valence-electron chi connectivity index (χ4n) is 3.46. The minimum Gasteiger partial charge on any atom is -0.362 e. The van der Waals surface area contributed by atoms with Crippen LogP contribution in [0.2, 0.25) is 0 Å². The Morgan fingerprint density at radius 3 is 2.46 bits per heavy atom. The number of aromatic nitrogens is 2. The van der Waals surface area contributed by atoms with Crippen molar-refractivity contribution in [3.8, 4) is 0 Å². The molecular formula is C20H25F2N5O. The lowest BCUT2D eigenvalue weighted by Crippen LogP contribution is -2.40. The normalized spacial score (nSPS) is 19.2. The molecule has 0 spiro atoms. The van der Waals surface area contributed by atoms with E-state index in [1.807, 2.05) is 25.9 Å². The fraction of sp³-hybridized carbons (Fsp3) is 0.450. The first-order valence-corrected chi connectivity index (χ1v) is 9.37. The number of anilines is 2. The molecule has 1 aliphatic rings. The number of hydrogen-bond acceptors (Lipinski definition) is 5. The Morgan fingerprint density at radius 1 is 1.14 bits per heavy atom. The highest BCUT2D eigenvalue weighted by atomic mass is 19.1. The fourth-order valence-corrected chi connectivity index (χ4v) is 3.46. The van der Waals surface area contributed by atoms with Gasteiger partial charge in [-0.05, 0) is 44.7 Å². The second-order valence-electron chi connectivity index (χ2n) is 7.39. The van der Waals surface area contributed by atoms with Crippen LogP contribution in [0.1, 0.15) is 41.6 Å². The Morgan fingerprint density at radius 2 is 1.82 bits per heavy atom. The molecule has 6 nitrogen and oxygen atoms in total. The maximum atomic E-state index is 13.7. The number of nitrogens with one attached hydrogen (secondary N) is 2. The molecule has 150 valence electrons. The molecule has 1 fully saturated rings. The van der Waals surface area contributed by atoms with Gasteiger partial charge in [-0.3, -0.25) is 4.79 Å². The number of hydrogen-bond donors (Lipinski definition) is 2. The van der Waals surface area contributed by atoms with Gasteiger partial charge in [-0.15, -0.1) is 0 Å². The maximum Gasteiger partial charge on any atom is 0.254 e. The zero-order chi connectivity index (χ0) is 20.3. The van der Waals surface area contributed by atoms with Gasteiger partial charge in [0.2, 0.25) is 5.95 Å². The van der Waals surface area contributed by atoms with Gasteiger partial charge in [0.25, 0.3) is 5.91 Å². The molecule has 2 N–H and O–H groups in total. The number of nitrogens with zero attached hydrogens (tertiary/aromatic N) is 3. The average Bonchev–Trinajstić information content (AvgIpc) is 2.64. The third-order valence-corrected chi connectivity index (χ3v) is 4.94. The molecule has 0 unspecified atom stereocenters. The molecule has 8 heteroatoms. The van der Waals surface area contributed by atoms with Gasteiger partial charge in [-0.1, -0.05) is 0 Å². The van der Waals surface area contributed by atoms with Crippen LogP contribution < -0.4 is 15.5 Å². The van der Waals surface area contributed by atoms with Crippen LogP contribution in [0.15, 0.2) is 24.4 Å². The molecule has 3 rings (SSSR count). The van der Waals surface area contributed by atoms with Crippen molar-refractivity contribution >= 4 is 17.7 Å². The van der Waals surface area contributed by atoms with Crippen molar-refractivity contribution in [3.05, 3.63) is 47.2 Å². The third-order valence-electron chi connectivity index (χ3n) is 4.94. The molecule has 1 aromatic heterocycles. The van der Waals surface area contributed by atoms with Crippen LogP contribution in [0.4, 0.5) is 20.5 Å². The van der Waals surface area contributed by atoms with Crippen LogP contribution in [0.3, 0.4) is 0 Å². The Labute approximate surface area is 163 Å². The van der Waals surface area contributed by atoms with Gasteiger partial charge >= 0.3 is 0 Å². The van der Waals surface area contributed by atoms with Crippen molar-refractivity contribution in [3.63, 3.8) is 0 Å². The topological polar surface area (TPSA) is 70.1 Å². The van der Waals surface area contributed by atoms with Gasteiger partial charge in [0.05, 0.1) is 5.56 Å². The van der Waals surface area contributed by atoms with E-state index in [1.54, 1.807) is 6.20 Å². The first-order valence-electron chi connectivity index (χ1n) is 9.37. The quantitative estimate of drug-likeness (QED) is 0.821. The van der Waals surface area contributed by atoms with E-state index in [4.69, 9.17) is 0 Å². The number of aryl methyl sites for hydroxylation is 1. The highest BCUT2D eigenvalue weighted by Gasteiger charge is 2.24. The minimum atomic E-state index is -0.846. The summed E-state index contributed by atoms with van der Waals surface area (Å²) in [6.07, 6.45) is 5.00. The van der Waals surface area contributed by atoms with Crippen LogP contribution in [-0.4, -0.2) is 42.1 Å². The summed E-state index contributed by atoms with van der Waals surface area (Å²) in [7, 11) is 3.88. The SMILES string of the molecule is Cc1cnc(NC2CCC(NC(=O)c3ccc(F)cc3F)CC2)nc1N(C)C. The Kier molecular flexibility index (Phi) is 6.06. The lowest BCUT2D eigenvalue weighted by Gasteiger charge is -2.30. The standard InChI is InChI=1S/C20H25F2N5O/c1-12-11-23-20(26-18(12)27(2)3)25-15-7-5-14(6-8-15)24-19(28)16-9-4-13(21)10-17(16)22/h4,9-11,14-15H,5-8H2,1-3H3,(H,24,28)(H,23,25,26). The zero-order valence-corrected chi connectivity index (χ0v) is 16.3. The van der Waals surface area contributed by atoms with Crippen LogP contribution in [-0.2, 0) is 0 Å². The van der Waals surface area contributed by atoms with Crippen molar-refractivity contribution in [1.29, 1.82) is 0 Å². The molecule has 1 saturated carbocycles. The Bertz CT molecular complexity index is 850. The molecular weight excluding hydrogens is 364 g/mol. The summed E-state index contributed by atoms with van der Waals surface area (Å²) in [5.74, 6) is -0.584. The van der Waals surface area contributed by atoms with Crippen molar-refractivity contribution < 1.29 is 13.6 Å². The van der Waals surface area contributed by atoms with E-state index in [9.17, 15) is 13.6 Å². The van der Waals surface area contributed by atoms with Crippen molar-refractivity contribution in [2.75, 3.05) is 24.3 Å². The predicted molar refractivity (Wildman–Crippen MR) is 105 cm³/mol. The number of carbonyl (C=O) groups excluding carboxylic acids is 1. The first kappa shape index (κ1) is 20.0. The van der Waals surface area contributed by atoms with E-state index in [-0.39, 0.29) is 17.6 Å². The second-order valence-corrected chi connectivity index (χ2v) is 7.39. The molecule has 0 atom stereocenters. The van der Waals surface area contributed by atoms with Gasteiger partial charge in [0, 0.05) is 44.0 Å². The summed E-state index contributed by atoms with van der Waals surface area (Å²) in [5, 5.41) is 6.21. The van der Waals surface area contributed by atoms with Gasteiger partial charge in [0.15, 0.2) is 0 Å². The summed E-state index contributed by atoms with van der Waals surface area (Å²) in [4.78, 5) is 23.1. The summed E-state index contributed by atoms with van der Waals surface area (Å²) in [6.45, 7) is 1.97. The molecule has 0 bridgehead atoms. The Hall–Kier alpha value is -2.77. The second kappa shape index (κ2) is 8.50. The zero-order valence-electron chi connectivity index (χ0n) is 16.3. The summed E-state index contributed by atoms with van der Waals surface area (Å²) in [6, 6.07) is 3.16. The third kappa shape index (κ3) is 4.74. The number of rotatable bonds is 5. The highest BCUT2D eigenvalue weighted by molar-refractivity contribution is 5.94. The molecule has 1 amide bonds. The molecule has 0 radical (unpaired) electrons. The molecule has 28 heavy (non-hydrogen) atoms. The summed E-state index contributed by atoms with van der Waals surface area (Å²) >= 11 is 0. The highest BCUT2D eigenvalue weighted by Crippen LogP contribution is 2.23. The van der Waals surface area contributed by atoms with Crippen molar-refractivity contribution in [1.82, 2.24) is 15.3 Å². The largest absolute Gasteiger partial charge is 0.362 e. The molecule has 1 aromatic carbocycles. The van der Waals surface area contributed by atoms with Gasteiger partial charge in [-0.25, -0.2) is 13.8 Å². The van der Waals surface area contributed by atoms with Gasteiger partial charge in [0.1, 0.15) is 17.5 Å². The lowest BCUT2D eigenvalue weighted by molar-refractivity contribution is 0.0922. The van der Waals surface area contributed by atoms with Crippen LogP contribution in [0.25, 0.3) is 0 Å². The van der Waals surface area contributed by atoms with E-state index < -0.39 is 17.5 Å². The van der Waals surface area contributed by atoms with Gasteiger partial charge in [-0.2, -0.15) is 4.98 Å². The average molecular weight is 389 g/mol. The number of amides is 1. The molecule has 0 aliphatic heterocycles. The summed E-state index contributed by atoms with van der Waals surface area (Å²) in [5.41, 5.74) is 0.876. The number of halogens is 2. The molecule has 1 aliphatic carbocycles. The van der Waals surface area contributed by atoms with E-state index in [0.29, 0.717) is 5.95 Å². The minimum absolute atomic E-state index is 0.0359. The van der Waals surface area contributed by atoms with Crippen LogP contribution in [0.5, 0.6) is 0 Å². The number of carbonyl (C=O) groups is 1. The van der Waals surface area contributed by atoms with E-state index in [2.05, 4.69) is 20.6 Å². The molecule has 2 aromatic rings. The van der Waals surface area contributed by atoms with Crippen molar-refractivity contribution in [2.45, 2.75) is 44.7 Å². The molecule has 1 heterocycles. The van der Waals surface area contributed by atoms with E-state index >= 15 is 0 Å². The van der Waals surface area contributed by atoms with Crippen LogP contribution in [0, 0.1) is 18.6 Å². The smallest absolute Gasteiger partial charge is 0.254 e. The maximum absolute atomic E-state index is 13.7. The van der Waals surface area contributed by atoms with Crippen LogP contribution >= 0.6 is 0 Å². The Balaban J connectivity index is 1.53. The van der Waals surface area contributed by atoms with Gasteiger partial charge < -0.3 is 15.5 Å². The number of benzene rings is 1. The lowest BCUT2D eigenvalue weighted by atomic mass is 9.91. The monoisotopic (exact) mass is 389 g/mol. The summed E-state index contributed by atoms with van der Waals surface area (Å²) < 4.78 is 26.7. The van der Waals surface area contributed by atoms with Crippen molar-refractivity contribution in [2.24, 2.45) is 0 Å².